The van der Waals surface area contributed by atoms with E-state index in [9.17, 15) is 5.11 Å². The maximum absolute atomic E-state index is 9.80. The summed E-state index contributed by atoms with van der Waals surface area (Å²) in [6.45, 7) is 1.51. The minimum Gasteiger partial charge on any atom is -0.395 e. The molecule has 1 aromatic rings. The van der Waals surface area contributed by atoms with Gasteiger partial charge in [0.25, 0.3) is 0 Å². The van der Waals surface area contributed by atoms with E-state index in [4.69, 9.17) is 9.47 Å². The zero-order valence-corrected chi connectivity index (χ0v) is 13.3. The Morgan fingerprint density at radius 1 is 1.06 bits per heavy atom. The average molecular weight is 323 g/mol. The summed E-state index contributed by atoms with van der Waals surface area (Å²) in [5, 5.41) is 9.80. The number of hydrogen-bond donors (Lipinski definition) is 1. The zero-order chi connectivity index (χ0) is 11.8. The van der Waals surface area contributed by atoms with Gasteiger partial charge in [-0.3, -0.25) is 0 Å². The molecule has 1 aliphatic heterocycles. The molecule has 3 rings (SSSR count). The fourth-order valence-corrected chi connectivity index (χ4v) is 3.13. The Morgan fingerprint density at radius 3 is 2.33 bits per heavy atom. The van der Waals surface area contributed by atoms with Crippen LogP contribution in [0.4, 0.5) is 0 Å². The summed E-state index contributed by atoms with van der Waals surface area (Å²) in [5.74, 6) is -0.432. The molecule has 3 nitrogen and oxygen atoms in total. The van der Waals surface area contributed by atoms with Crippen LogP contribution in [0.5, 0.6) is 0 Å². The molecule has 1 aromatic carbocycles. The molecule has 1 saturated heterocycles. The van der Waals surface area contributed by atoms with E-state index in [-0.39, 0.29) is 44.7 Å². The second-order valence-corrected chi connectivity index (χ2v) is 5.09. The molecule has 0 amide bonds. The van der Waals surface area contributed by atoms with Crippen molar-refractivity contribution in [2.45, 2.75) is 30.5 Å². The Morgan fingerprint density at radius 2 is 1.72 bits per heavy atom. The van der Waals surface area contributed by atoms with Crippen LogP contribution in [0.1, 0.15) is 24.8 Å². The molecule has 2 aliphatic rings. The van der Waals surface area contributed by atoms with Gasteiger partial charge in [-0.1, -0.05) is 30.3 Å². The number of rotatable bonds is 2. The van der Waals surface area contributed by atoms with Crippen LogP contribution in [0.3, 0.4) is 0 Å². The number of ether oxygens (including phenoxy) is 2. The van der Waals surface area contributed by atoms with E-state index in [1.807, 2.05) is 18.2 Å². The van der Waals surface area contributed by atoms with Crippen molar-refractivity contribution in [3.05, 3.63) is 35.9 Å². The molecule has 4 heteroatoms. The van der Waals surface area contributed by atoms with E-state index in [2.05, 4.69) is 12.1 Å². The first kappa shape index (κ1) is 14.6. The maximum atomic E-state index is 9.80. The summed E-state index contributed by atoms with van der Waals surface area (Å²) in [4.78, 5) is 0. The topological polar surface area (TPSA) is 38.7 Å². The molecule has 95 valence electrons. The molecule has 0 bridgehead atoms. The van der Waals surface area contributed by atoms with Gasteiger partial charge < -0.3 is 14.6 Å². The van der Waals surface area contributed by atoms with Crippen LogP contribution in [0.15, 0.2) is 30.3 Å². The van der Waals surface area contributed by atoms with Gasteiger partial charge in [-0.15, -0.1) is 0 Å². The Hall–Kier alpha value is 0.204. The molecule has 1 aliphatic carbocycles. The van der Waals surface area contributed by atoms with Crippen molar-refractivity contribution < 1.29 is 47.3 Å². The van der Waals surface area contributed by atoms with Crippen LogP contribution in [0.25, 0.3) is 0 Å². The van der Waals surface area contributed by atoms with Crippen LogP contribution >= 0.6 is 0 Å². The van der Waals surface area contributed by atoms with Crippen molar-refractivity contribution in [2.24, 2.45) is 0 Å². The summed E-state index contributed by atoms with van der Waals surface area (Å²) in [6, 6.07) is 10.2. The van der Waals surface area contributed by atoms with Gasteiger partial charge in [0.15, 0.2) is 5.79 Å². The van der Waals surface area contributed by atoms with Crippen molar-refractivity contribution in [1.82, 2.24) is 0 Å². The standard InChI is InChI=1S/C14H18O3.Y/c15-11-13(12-4-2-1-3-5-12)6-7-14(10-13)16-8-9-17-14;/h1-5,15H,6-11H2;. The van der Waals surface area contributed by atoms with E-state index in [1.165, 1.54) is 5.56 Å². The predicted octanol–water partition coefficient (Wildman–Crippen LogP) is 1.84. The smallest absolute Gasteiger partial charge is 0.169 e. The molecular formula is C14H18O3Y. The molecule has 0 aromatic heterocycles. The minimum absolute atomic E-state index is 0. The Balaban J connectivity index is 0.00000120. The van der Waals surface area contributed by atoms with E-state index in [0.29, 0.717) is 13.2 Å². The van der Waals surface area contributed by atoms with Crippen LogP contribution in [-0.4, -0.2) is 30.7 Å². The van der Waals surface area contributed by atoms with Gasteiger partial charge in [-0.2, -0.15) is 0 Å². The summed E-state index contributed by atoms with van der Waals surface area (Å²) >= 11 is 0. The van der Waals surface area contributed by atoms with E-state index >= 15 is 0 Å². The Bertz CT molecular complexity index is 389. The second kappa shape index (κ2) is 5.68. The third-order valence-electron chi connectivity index (χ3n) is 4.09. The quantitative estimate of drug-likeness (QED) is 0.903. The molecule has 1 unspecified atom stereocenters. The fourth-order valence-electron chi connectivity index (χ4n) is 3.13. The Kier molecular flexibility index (Phi) is 4.61. The second-order valence-electron chi connectivity index (χ2n) is 5.09. The summed E-state index contributed by atoms with van der Waals surface area (Å²) in [5.41, 5.74) is 1.00. The normalized spacial score (nSPS) is 29.4. The molecule has 1 radical (unpaired) electrons. The molecule has 1 heterocycles. The van der Waals surface area contributed by atoms with Crippen LogP contribution in [0, 0.1) is 0 Å². The summed E-state index contributed by atoms with van der Waals surface area (Å²) in [7, 11) is 0. The number of hydrogen-bond acceptors (Lipinski definition) is 3. The van der Waals surface area contributed by atoms with E-state index in [1.54, 1.807) is 0 Å². The molecular weight excluding hydrogens is 305 g/mol. The van der Waals surface area contributed by atoms with Gasteiger partial charge in [-0.05, 0) is 12.0 Å². The SMILES string of the molecule is OCC1(c2ccccc2)CCC2(C1)OCCO2.[Y]. The van der Waals surface area contributed by atoms with Gasteiger partial charge >= 0.3 is 0 Å². The van der Waals surface area contributed by atoms with Crippen LogP contribution < -0.4 is 0 Å². The van der Waals surface area contributed by atoms with Gasteiger partial charge in [-0.25, -0.2) is 0 Å². The molecule has 18 heavy (non-hydrogen) atoms. The number of aliphatic hydroxyl groups excluding tert-OH is 1. The zero-order valence-electron chi connectivity index (χ0n) is 10.5. The molecule has 2 fully saturated rings. The van der Waals surface area contributed by atoms with Crippen molar-refractivity contribution in [2.75, 3.05) is 19.8 Å². The van der Waals surface area contributed by atoms with E-state index < -0.39 is 5.79 Å². The Labute approximate surface area is 133 Å². The van der Waals surface area contributed by atoms with Crippen molar-refractivity contribution >= 4 is 0 Å². The average Bonchev–Trinajstić information content (AvgIpc) is 3.00. The maximum Gasteiger partial charge on any atom is 0.169 e. The molecule has 1 atom stereocenters. The predicted molar refractivity (Wildman–Crippen MR) is 63.7 cm³/mol. The first-order valence-corrected chi connectivity index (χ1v) is 6.23. The number of benzene rings is 1. The monoisotopic (exact) mass is 323 g/mol. The van der Waals surface area contributed by atoms with Crippen LogP contribution in [0.2, 0.25) is 0 Å². The van der Waals surface area contributed by atoms with Crippen LogP contribution in [-0.2, 0) is 47.6 Å². The summed E-state index contributed by atoms with van der Waals surface area (Å²) in [6.07, 6.45) is 2.57. The van der Waals surface area contributed by atoms with Gasteiger partial charge in [0.1, 0.15) is 0 Å². The first-order valence-electron chi connectivity index (χ1n) is 6.23. The molecule has 1 spiro atoms. The van der Waals surface area contributed by atoms with Crippen molar-refractivity contribution in [3.8, 4) is 0 Å². The summed E-state index contributed by atoms with van der Waals surface area (Å²) < 4.78 is 11.5. The van der Waals surface area contributed by atoms with Gasteiger partial charge in [0.2, 0.25) is 0 Å². The van der Waals surface area contributed by atoms with Gasteiger partial charge in [0, 0.05) is 51.0 Å². The van der Waals surface area contributed by atoms with Crippen molar-refractivity contribution in [3.63, 3.8) is 0 Å². The number of aliphatic hydroxyl groups is 1. The molecule has 1 saturated carbocycles. The third kappa shape index (κ3) is 2.44. The minimum atomic E-state index is -0.432. The third-order valence-corrected chi connectivity index (χ3v) is 4.09. The van der Waals surface area contributed by atoms with E-state index in [0.717, 1.165) is 19.3 Å². The van der Waals surface area contributed by atoms with Crippen molar-refractivity contribution in [1.29, 1.82) is 0 Å². The largest absolute Gasteiger partial charge is 0.395 e. The van der Waals surface area contributed by atoms with Gasteiger partial charge in [0.05, 0.1) is 19.8 Å². The fraction of sp³-hybridized carbons (Fsp3) is 0.571. The molecule has 1 N–H and O–H groups in total. The first-order chi connectivity index (χ1) is 8.29.